The average molecular weight is 423 g/mol. The fourth-order valence-electron chi connectivity index (χ4n) is 2.48. The predicted molar refractivity (Wildman–Crippen MR) is 115 cm³/mol. The molecule has 3 aromatic rings. The molecule has 0 aliphatic rings. The van der Waals surface area contributed by atoms with Gasteiger partial charge >= 0.3 is 5.97 Å². The summed E-state index contributed by atoms with van der Waals surface area (Å²) in [6.07, 6.45) is 1.48. The quantitative estimate of drug-likeness (QED) is 0.265. The van der Waals surface area contributed by atoms with Gasteiger partial charge in [0.25, 0.3) is 5.91 Å². The molecule has 30 heavy (non-hydrogen) atoms. The van der Waals surface area contributed by atoms with E-state index in [1.165, 1.54) is 6.21 Å². The van der Waals surface area contributed by atoms with E-state index in [1.807, 2.05) is 19.1 Å². The maximum absolute atomic E-state index is 12.2. The minimum atomic E-state index is -0.414. The number of ether oxygens (including phenoxy) is 2. The summed E-state index contributed by atoms with van der Waals surface area (Å²) in [6, 6.07) is 20.7. The highest BCUT2D eigenvalue weighted by atomic mass is 35.5. The van der Waals surface area contributed by atoms with E-state index >= 15 is 0 Å². The SMILES string of the molecule is Cc1ccccc1C(=O)Oc1ccc(C=NNC(=O)COc2ccc(Cl)cc2)cc1. The first kappa shape index (κ1) is 21.1. The Morgan fingerprint density at radius 1 is 0.967 bits per heavy atom. The number of carbonyl (C=O) groups excluding carboxylic acids is 2. The zero-order valence-electron chi connectivity index (χ0n) is 16.2. The molecule has 0 fully saturated rings. The van der Waals surface area contributed by atoms with Crippen LogP contribution in [0.25, 0.3) is 0 Å². The second-order valence-corrected chi connectivity index (χ2v) is 6.75. The Morgan fingerprint density at radius 2 is 1.63 bits per heavy atom. The zero-order valence-corrected chi connectivity index (χ0v) is 16.9. The van der Waals surface area contributed by atoms with Gasteiger partial charge in [-0.1, -0.05) is 29.8 Å². The molecular formula is C23H19ClN2O4. The van der Waals surface area contributed by atoms with Crippen LogP contribution < -0.4 is 14.9 Å². The minimum Gasteiger partial charge on any atom is -0.484 e. The molecular weight excluding hydrogens is 404 g/mol. The lowest BCUT2D eigenvalue weighted by Gasteiger charge is -2.06. The van der Waals surface area contributed by atoms with E-state index in [1.54, 1.807) is 60.7 Å². The highest BCUT2D eigenvalue weighted by Crippen LogP contribution is 2.16. The van der Waals surface area contributed by atoms with Crippen LogP contribution in [0.3, 0.4) is 0 Å². The normalized spacial score (nSPS) is 10.6. The number of carbonyl (C=O) groups is 2. The van der Waals surface area contributed by atoms with Gasteiger partial charge in [0.1, 0.15) is 11.5 Å². The maximum atomic E-state index is 12.2. The molecule has 0 heterocycles. The summed E-state index contributed by atoms with van der Waals surface area (Å²) in [5, 5.41) is 4.47. The second kappa shape index (κ2) is 10.2. The molecule has 3 aromatic carbocycles. The lowest BCUT2D eigenvalue weighted by atomic mass is 10.1. The van der Waals surface area contributed by atoms with Gasteiger partial charge < -0.3 is 9.47 Å². The van der Waals surface area contributed by atoms with Crippen LogP contribution in [0, 0.1) is 6.92 Å². The fraction of sp³-hybridized carbons (Fsp3) is 0.0870. The molecule has 0 aromatic heterocycles. The van der Waals surface area contributed by atoms with E-state index in [-0.39, 0.29) is 6.61 Å². The van der Waals surface area contributed by atoms with Gasteiger partial charge in [-0.3, -0.25) is 4.79 Å². The Morgan fingerprint density at radius 3 is 2.33 bits per heavy atom. The largest absolute Gasteiger partial charge is 0.484 e. The molecule has 3 rings (SSSR count). The average Bonchev–Trinajstić information content (AvgIpc) is 2.75. The third-order valence-electron chi connectivity index (χ3n) is 4.04. The minimum absolute atomic E-state index is 0.174. The number of aryl methyl sites for hydroxylation is 1. The van der Waals surface area contributed by atoms with Crippen LogP contribution >= 0.6 is 11.6 Å². The first-order valence-corrected chi connectivity index (χ1v) is 9.47. The van der Waals surface area contributed by atoms with Gasteiger partial charge in [-0.15, -0.1) is 0 Å². The molecule has 0 saturated heterocycles. The Balaban J connectivity index is 1.47. The van der Waals surface area contributed by atoms with Crippen molar-refractivity contribution in [1.82, 2.24) is 5.43 Å². The number of amides is 1. The van der Waals surface area contributed by atoms with Gasteiger partial charge in [0.15, 0.2) is 6.61 Å². The Bertz CT molecular complexity index is 1050. The van der Waals surface area contributed by atoms with Gasteiger partial charge in [0.05, 0.1) is 11.8 Å². The number of benzene rings is 3. The molecule has 152 valence electrons. The number of nitrogens with zero attached hydrogens (tertiary/aromatic N) is 1. The van der Waals surface area contributed by atoms with Gasteiger partial charge in [-0.05, 0) is 72.6 Å². The number of rotatable bonds is 7. The van der Waals surface area contributed by atoms with Gasteiger partial charge in [-0.2, -0.15) is 5.10 Å². The summed E-state index contributed by atoms with van der Waals surface area (Å²) in [5.41, 5.74) is 4.48. The Kier molecular flexibility index (Phi) is 7.19. The topological polar surface area (TPSA) is 77.0 Å². The van der Waals surface area contributed by atoms with Crippen LogP contribution in [0.1, 0.15) is 21.5 Å². The molecule has 1 N–H and O–H groups in total. The molecule has 7 heteroatoms. The number of nitrogens with one attached hydrogen (secondary N) is 1. The first-order chi connectivity index (χ1) is 14.5. The second-order valence-electron chi connectivity index (χ2n) is 6.31. The molecule has 0 bridgehead atoms. The lowest BCUT2D eigenvalue weighted by molar-refractivity contribution is -0.123. The van der Waals surface area contributed by atoms with Crippen molar-refractivity contribution in [2.75, 3.05) is 6.61 Å². The highest BCUT2D eigenvalue weighted by Gasteiger charge is 2.10. The van der Waals surface area contributed by atoms with Crippen LogP contribution in [0.4, 0.5) is 0 Å². The van der Waals surface area contributed by atoms with Crippen molar-refractivity contribution >= 4 is 29.7 Å². The molecule has 1 amide bonds. The maximum Gasteiger partial charge on any atom is 0.343 e. The fourth-order valence-corrected chi connectivity index (χ4v) is 2.60. The summed E-state index contributed by atoms with van der Waals surface area (Å²) < 4.78 is 10.7. The van der Waals surface area contributed by atoms with E-state index in [9.17, 15) is 9.59 Å². The third-order valence-corrected chi connectivity index (χ3v) is 4.29. The summed E-state index contributed by atoms with van der Waals surface area (Å²) >= 11 is 5.79. The van der Waals surface area contributed by atoms with E-state index in [0.717, 1.165) is 11.1 Å². The number of hydrogen-bond acceptors (Lipinski definition) is 5. The molecule has 0 spiro atoms. The van der Waals surface area contributed by atoms with E-state index in [4.69, 9.17) is 21.1 Å². The number of esters is 1. The number of halogens is 1. The van der Waals surface area contributed by atoms with Crippen LogP contribution in [-0.2, 0) is 4.79 Å². The van der Waals surface area contributed by atoms with Crippen molar-refractivity contribution in [3.05, 3.63) is 94.5 Å². The van der Waals surface area contributed by atoms with Crippen molar-refractivity contribution < 1.29 is 19.1 Å². The Labute approximate surface area is 179 Å². The monoisotopic (exact) mass is 422 g/mol. The molecule has 0 atom stereocenters. The van der Waals surface area contributed by atoms with Gasteiger partial charge in [0.2, 0.25) is 0 Å². The van der Waals surface area contributed by atoms with Crippen molar-refractivity contribution in [2.45, 2.75) is 6.92 Å². The third kappa shape index (κ3) is 6.18. The Hall–Kier alpha value is -3.64. The van der Waals surface area contributed by atoms with Gasteiger partial charge in [-0.25, -0.2) is 10.2 Å². The first-order valence-electron chi connectivity index (χ1n) is 9.09. The summed E-state index contributed by atoms with van der Waals surface area (Å²) in [5.74, 6) is 0.141. The molecule has 0 radical (unpaired) electrons. The summed E-state index contributed by atoms with van der Waals surface area (Å²) in [7, 11) is 0. The van der Waals surface area contributed by atoms with E-state index in [2.05, 4.69) is 10.5 Å². The van der Waals surface area contributed by atoms with Crippen molar-refractivity contribution in [1.29, 1.82) is 0 Å². The molecule has 0 unspecified atom stereocenters. The van der Waals surface area contributed by atoms with E-state index < -0.39 is 11.9 Å². The summed E-state index contributed by atoms with van der Waals surface area (Å²) in [4.78, 5) is 24.0. The van der Waals surface area contributed by atoms with Crippen LogP contribution in [0.2, 0.25) is 5.02 Å². The van der Waals surface area contributed by atoms with Gasteiger partial charge in [0, 0.05) is 5.02 Å². The van der Waals surface area contributed by atoms with Crippen LogP contribution in [0.5, 0.6) is 11.5 Å². The molecule has 6 nitrogen and oxygen atoms in total. The predicted octanol–water partition coefficient (Wildman–Crippen LogP) is 4.40. The standard InChI is InChI=1S/C23H19ClN2O4/c1-16-4-2-3-5-21(16)23(28)30-20-10-6-17(7-11-20)14-25-26-22(27)15-29-19-12-8-18(24)9-13-19/h2-14H,15H2,1H3,(H,26,27). The summed E-state index contributed by atoms with van der Waals surface area (Å²) in [6.45, 7) is 1.68. The zero-order chi connectivity index (χ0) is 21.3. The van der Waals surface area contributed by atoms with Crippen molar-refractivity contribution in [3.8, 4) is 11.5 Å². The lowest BCUT2D eigenvalue weighted by Crippen LogP contribution is -2.24. The molecule has 0 aliphatic carbocycles. The van der Waals surface area contributed by atoms with E-state index in [0.29, 0.717) is 22.1 Å². The van der Waals surface area contributed by atoms with Crippen LogP contribution in [0.15, 0.2) is 77.9 Å². The van der Waals surface area contributed by atoms with Crippen LogP contribution in [-0.4, -0.2) is 24.7 Å². The molecule has 0 aliphatic heterocycles. The highest BCUT2D eigenvalue weighted by molar-refractivity contribution is 6.30. The van der Waals surface area contributed by atoms with Crippen molar-refractivity contribution in [2.24, 2.45) is 5.10 Å². The smallest absolute Gasteiger partial charge is 0.343 e. The number of hydrazone groups is 1. The molecule has 0 saturated carbocycles. The van der Waals surface area contributed by atoms with Crippen molar-refractivity contribution in [3.63, 3.8) is 0 Å². The number of hydrogen-bond donors (Lipinski definition) is 1.